The van der Waals surface area contributed by atoms with Crippen LogP contribution in [0.25, 0.3) is 16.9 Å². The fourth-order valence-corrected chi connectivity index (χ4v) is 5.11. The quantitative estimate of drug-likeness (QED) is 0.407. The van der Waals surface area contributed by atoms with E-state index in [4.69, 9.17) is 16.3 Å². The summed E-state index contributed by atoms with van der Waals surface area (Å²) in [6, 6.07) is -0.0908. The molecule has 2 fully saturated rings. The molecule has 1 N–H and O–H groups in total. The van der Waals surface area contributed by atoms with Crippen LogP contribution in [0.5, 0.6) is 5.75 Å². The van der Waals surface area contributed by atoms with Crippen LogP contribution in [-0.4, -0.2) is 62.9 Å². The number of anilines is 1. The van der Waals surface area contributed by atoms with Gasteiger partial charge in [0.2, 0.25) is 0 Å². The molecule has 0 unspecified atom stereocenters. The first-order chi connectivity index (χ1) is 16.0. The Balaban J connectivity index is 1.49. The van der Waals surface area contributed by atoms with E-state index in [-0.39, 0.29) is 28.9 Å². The van der Waals surface area contributed by atoms with Crippen molar-refractivity contribution in [3.8, 4) is 16.9 Å². The molecule has 13 heteroatoms. The molecule has 3 heterocycles. The molecule has 1 atom stereocenters. The van der Waals surface area contributed by atoms with Crippen molar-refractivity contribution in [1.29, 1.82) is 0 Å². The van der Waals surface area contributed by atoms with E-state index in [1.165, 1.54) is 0 Å². The highest BCUT2D eigenvalue weighted by molar-refractivity contribution is 6.33. The van der Waals surface area contributed by atoms with Crippen molar-refractivity contribution in [2.24, 2.45) is 5.41 Å². The van der Waals surface area contributed by atoms with E-state index in [1.54, 1.807) is 0 Å². The average Bonchev–Trinajstić information content (AvgIpc) is 3.14. The zero-order valence-electron chi connectivity index (χ0n) is 18.1. The topological polar surface area (TPSA) is 67.6 Å². The number of nitrogens with zero attached hydrogens (tertiary/aromatic N) is 5. The maximum absolute atomic E-state index is 15.2. The molecule has 0 radical (unpaired) electrons. The van der Waals surface area contributed by atoms with E-state index >= 15 is 8.78 Å². The highest BCUT2D eigenvalue weighted by atomic mass is 35.5. The predicted octanol–water partition coefficient (Wildman–Crippen LogP) is 4.56. The molecule has 0 bridgehead atoms. The molecule has 2 aromatic heterocycles. The first-order valence-electron chi connectivity index (χ1n) is 10.5. The van der Waals surface area contributed by atoms with Crippen molar-refractivity contribution >= 4 is 23.2 Å². The lowest BCUT2D eigenvalue weighted by Gasteiger charge is -2.57. The van der Waals surface area contributed by atoms with Crippen LogP contribution in [0, 0.1) is 17.0 Å². The number of benzene rings is 1. The molecule has 182 valence electrons. The molecular formula is C21H20ClF5N6O. The Hall–Kier alpha value is -2.73. The Morgan fingerprint density at radius 1 is 1.18 bits per heavy atom. The van der Waals surface area contributed by atoms with Crippen LogP contribution < -0.4 is 10.1 Å². The van der Waals surface area contributed by atoms with Crippen LogP contribution in [0.1, 0.15) is 19.8 Å². The van der Waals surface area contributed by atoms with Gasteiger partial charge in [-0.15, -0.1) is 0 Å². The van der Waals surface area contributed by atoms with E-state index < -0.39 is 40.1 Å². The molecule has 1 aliphatic heterocycles. The zero-order valence-corrected chi connectivity index (χ0v) is 18.9. The second kappa shape index (κ2) is 7.91. The van der Waals surface area contributed by atoms with E-state index in [0.717, 1.165) is 55.8 Å². The van der Waals surface area contributed by atoms with E-state index in [0.29, 0.717) is 0 Å². The maximum Gasteiger partial charge on any atom is 0.408 e. The number of ether oxygens (including phenoxy) is 1. The smallest absolute Gasteiger partial charge is 0.408 e. The van der Waals surface area contributed by atoms with Crippen molar-refractivity contribution in [2.45, 2.75) is 38.1 Å². The van der Waals surface area contributed by atoms with Gasteiger partial charge in [0.15, 0.2) is 0 Å². The molecule has 0 amide bonds. The van der Waals surface area contributed by atoms with Gasteiger partial charge in [0, 0.05) is 30.6 Å². The van der Waals surface area contributed by atoms with E-state index in [9.17, 15) is 13.2 Å². The molecule has 2 aliphatic rings. The Bertz CT molecular complexity index is 1230. The first kappa shape index (κ1) is 23.0. The van der Waals surface area contributed by atoms with Crippen LogP contribution in [0.2, 0.25) is 5.15 Å². The van der Waals surface area contributed by atoms with E-state index in [2.05, 4.69) is 25.3 Å². The van der Waals surface area contributed by atoms with Crippen molar-refractivity contribution < 1.29 is 26.7 Å². The number of alkyl halides is 3. The largest absolute Gasteiger partial charge is 0.490 e. The minimum absolute atomic E-state index is 0.00429. The lowest BCUT2D eigenvalue weighted by atomic mass is 9.62. The molecule has 1 aliphatic carbocycles. The highest BCUT2D eigenvalue weighted by Crippen LogP contribution is 2.49. The minimum atomic E-state index is -4.65. The van der Waals surface area contributed by atoms with Gasteiger partial charge < -0.3 is 15.0 Å². The molecule has 7 nitrogen and oxygen atoms in total. The molecule has 3 aromatic rings. The minimum Gasteiger partial charge on any atom is -0.490 e. The summed E-state index contributed by atoms with van der Waals surface area (Å²) < 4.78 is 76.8. The van der Waals surface area contributed by atoms with Crippen molar-refractivity contribution in [2.75, 3.05) is 25.5 Å². The number of hydrogen-bond donors (Lipinski definition) is 1. The number of halogens is 6. The third-order valence-corrected chi connectivity index (χ3v) is 6.60. The van der Waals surface area contributed by atoms with Gasteiger partial charge in [-0.1, -0.05) is 11.6 Å². The first-order valence-corrected chi connectivity index (χ1v) is 10.9. The number of fused-ring (bicyclic) bond motifs is 1. The van der Waals surface area contributed by atoms with Crippen LogP contribution in [0.15, 0.2) is 18.5 Å². The van der Waals surface area contributed by atoms with Gasteiger partial charge in [-0.2, -0.15) is 32.8 Å². The van der Waals surface area contributed by atoms with Crippen LogP contribution in [0.4, 0.5) is 27.8 Å². The van der Waals surface area contributed by atoms with Gasteiger partial charge >= 0.3 is 6.18 Å². The van der Waals surface area contributed by atoms with Crippen molar-refractivity contribution in [3.63, 3.8) is 0 Å². The fraction of sp³-hybridized carbons (Fsp3) is 0.476. The molecule has 1 spiro atoms. The number of nitrogens with one attached hydrogen (secondary N) is 1. The SMILES string of the molecule is C[C@H](Nc1c(-c2c(F)cc(OC3CC4(C3)CN(C)C4)cc2F)c(Cl)nc2ncnn12)C(F)(F)F. The Morgan fingerprint density at radius 3 is 2.41 bits per heavy atom. The average molecular weight is 503 g/mol. The molecule has 1 saturated carbocycles. The van der Waals surface area contributed by atoms with Gasteiger partial charge in [0.1, 0.15) is 40.7 Å². The molecule has 1 saturated heterocycles. The summed E-state index contributed by atoms with van der Waals surface area (Å²) in [7, 11) is 2.03. The third kappa shape index (κ3) is 3.92. The second-order valence-electron chi connectivity index (χ2n) is 9.09. The van der Waals surface area contributed by atoms with Crippen LogP contribution in [0.3, 0.4) is 0 Å². The summed E-state index contributed by atoms with van der Waals surface area (Å²) in [4.78, 5) is 9.92. The molecular weight excluding hydrogens is 483 g/mol. The summed E-state index contributed by atoms with van der Waals surface area (Å²) in [5.74, 6) is -2.64. The highest BCUT2D eigenvalue weighted by Gasteiger charge is 2.52. The zero-order chi connectivity index (χ0) is 24.4. The monoisotopic (exact) mass is 502 g/mol. The fourth-order valence-electron chi connectivity index (χ4n) is 4.85. The third-order valence-electron chi connectivity index (χ3n) is 6.33. The van der Waals surface area contributed by atoms with Crippen LogP contribution in [-0.2, 0) is 0 Å². The van der Waals surface area contributed by atoms with Crippen molar-refractivity contribution in [3.05, 3.63) is 35.2 Å². The Kier molecular flexibility index (Phi) is 5.36. The molecule has 34 heavy (non-hydrogen) atoms. The van der Waals surface area contributed by atoms with Gasteiger partial charge in [-0.05, 0) is 26.8 Å². The molecule has 5 rings (SSSR count). The number of rotatable bonds is 5. The van der Waals surface area contributed by atoms with Gasteiger partial charge in [-0.3, -0.25) is 0 Å². The summed E-state index contributed by atoms with van der Waals surface area (Å²) >= 11 is 6.18. The van der Waals surface area contributed by atoms with Gasteiger partial charge in [0.05, 0.1) is 17.2 Å². The number of hydrogen-bond acceptors (Lipinski definition) is 6. The number of aromatic nitrogens is 4. The lowest BCUT2D eigenvalue weighted by Crippen LogP contribution is -2.63. The normalized spacial score (nSPS) is 19.2. The van der Waals surface area contributed by atoms with Gasteiger partial charge in [-0.25, -0.2) is 8.78 Å². The van der Waals surface area contributed by atoms with E-state index in [1.807, 2.05) is 7.05 Å². The summed E-state index contributed by atoms with van der Waals surface area (Å²) in [5.41, 5.74) is -0.833. The lowest BCUT2D eigenvalue weighted by molar-refractivity contribution is -0.138. The summed E-state index contributed by atoms with van der Waals surface area (Å²) in [6.45, 7) is 2.80. The second-order valence-corrected chi connectivity index (χ2v) is 9.45. The Labute approximate surface area is 195 Å². The van der Waals surface area contributed by atoms with Crippen molar-refractivity contribution in [1.82, 2.24) is 24.5 Å². The molecule has 1 aromatic carbocycles. The Morgan fingerprint density at radius 2 is 1.82 bits per heavy atom. The van der Waals surface area contributed by atoms with Crippen LogP contribution >= 0.6 is 11.6 Å². The summed E-state index contributed by atoms with van der Waals surface area (Å²) in [6.07, 6.45) is -2.17. The standard InChI is InChI=1S/C21H20ClF5N6O/c1-10(21(25,26)27)30-18-16(17(22)31-19-28-9-29-33(18)19)15-13(23)3-11(4-14(15)24)34-12-5-20(6-12)7-32(2)8-20/h3-4,9-10,12,30H,5-8H2,1-2H3/t10-/m0/s1. The summed E-state index contributed by atoms with van der Waals surface area (Å²) in [5, 5.41) is 5.60. The predicted molar refractivity (Wildman–Crippen MR) is 114 cm³/mol. The number of likely N-dealkylation sites (tertiary alicyclic amines) is 1. The maximum atomic E-state index is 15.2. The van der Waals surface area contributed by atoms with Gasteiger partial charge in [0.25, 0.3) is 5.78 Å².